The molecule has 1 aliphatic rings. The zero-order chi connectivity index (χ0) is 14.4. The topological polar surface area (TPSA) is 52.6 Å². The van der Waals surface area contributed by atoms with Crippen molar-refractivity contribution in [1.29, 1.82) is 0 Å². The fraction of sp³-hybridized carbons (Fsp3) is 0.562. The molecule has 1 fully saturated rings. The fourth-order valence-corrected chi connectivity index (χ4v) is 2.96. The minimum atomic E-state index is -0.217. The Bertz CT molecular complexity index is 416. The highest BCUT2D eigenvalue weighted by Gasteiger charge is 2.29. The maximum atomic E-state index is 12.4. The lowest BCUT2D eigenvalue weighted by atomic mass is 10.1. The van der Waals surface area contributed by atoms with Gasteiger partial charge < -0.3 is 10.4 Å². The number of rotatable bonds is 6. The Balaban J connectivity index is 1.98. The summed E-state index contributed by atoms with van der Waals surface area (Å²) in [4.78, 5) is 14.5. The number of aliphatic hydroxyl groups excluding tert-OH is 1. The lowest BCUT2D eigenvalue weighted by Crippen LogP contribution is -2.48. The van der Waals surface area contributed by atoms with Crippen LogP contribution in [0.3, 0.4) is 0 Å². The number of hydrogen-bond acceptors (Lipinski definition) is 3. The fourth-order valence-electron chi connectivity index (χ4n) is 2.96. The molecule has 0 radical (unpaired) electrons. The third-order valence-electron chi connectivity index (χ3n) is 4.07. The molecule has 1 aliphatic carbocycles. The zero-order valence-electron chi connectivity index (χ0n) is 12.1. The third-order valence-corrected chi connectivity index (χ3v) is 4.07. The number of carbonyl (C=O) groups is 1. The molecule has 4 heteroatoms. The maximum Gasteiger partial charge on any atom is 0.241 e. The first-order valence-corrected chi connectivity index (χ1v) is 7.45. The summed E-state index contributed by atoms with van der Waals surface area (Å²) >= 11 is 0. The van der Waals surface area contributed by atoms with Crippen LogP contribution in [-0.4, -0.2) is 41.1 Å². The van der Waals surface area contributed by atoms with Gasteiger partial charge in [-0.3, -0.25) is 9.69 Å². The molecule has 1 atom stereocenters. The van der Waals surface area contributed by atoms with Gasteiger partial charge in [0.15, 0.2) is 0 Å². The normalized spacial score (nSPS) is 17.4. The summed E-state index contributed by atoms with van der Waals surface area (Å²) in [6.45, 7) is 2.58. The SMILES string of the molecule is CC(C(=O)Nc1ccccc1)N(CCO)C1CCCC1. The minimum absolute atomic E-state index is 0.00319. The van der Waals surface area contributed by atoms with Crippen molar-refractivity contribution < 1.29 is 9.90 Å². The number of amides is 1. The first kappa shape index (κ1) is 15.0. The first-order chi connectivity index (χ1) is 9.72. The molecule has 1 aromatic rings. The van der Waals surface area contributed by atoms with E-state index in [1.807, 2.05) is 37.3 Å². The second-order valence-electron chi connectivity index (χ2n) is 5.43. The number of aliphatic hydroxyl groups is 1. The van der Waals surface area contributed by atoms with E-state index < -0.39 is 0 Å². The summed E-state index contributed by atoms with van der Waals surface area (Å²) in [5.41, 5.74) is 0.819. The van der Waals surface area contributed by atoms with Crippen LogP contribution in [-0.2, 0) is 4.79 Å². The highest BCUT2D eigenvalue weighted by atomic mass is 16.3. The lowest BCUT2D eigenvalue weighted by molar-refractivity contribution is -0.121. The van der Waals surface area contributed by atoms with Gasteiger partial charge in [-0.2, -0.15) is 0 Å². The van der Waals surface area contributed by atoms with Crippen molar-refractivity contribution in [2.24, 2.45) is 0 Å². The molecule has 1 amide bonds. The second kappa shape index (κ2) is 7.41. The average molecular weight is 276 g/mol. The van der Waals surface area contributed by atoms with Crippen molar-refractivity contribution in [3.63, 3.8) is 0 Å². The van der Waals surface area contributed by atoms with Gasteiger partial charge >= 0.3 is 0 Å². The van der Waals surface area contributed by atoms with Crippen LogP contribution >= 0.6 is 0 Å². The molecule has 110 valence electrons. The van der Waals surface area contributed by atoms with Crippen LogP contribution in [0.1, 0.15) is 32.6 Å². The highest BCUT2D eigenvalue weighted by molar-refractivity contribution is 5.94. The van der Waals surface area contributed by atoms with E-state index in [0.717, 1.165) is 18.5 Å². The second-order valence-corrected chi connectivity index (χ2v) is 5.43. The van der Waals surface area contributed by atoms with E-state index in [0.29, 0.717) is 12.6 Å². The van der Waals surface area contributed by atoms with E-state index in [-0.39, 0.29) is 18.6 Å². The van der Waals surface area contributed by atoms with Gasteiger partial charge in [0, 0.05) is 18.3 Å². The number of hydrogen-bond donors (Lipinski definition) is 2. The summed E-state index contributed by atoms with van der Waals surface area (Å²) < 4.78 is 0. The Morgan fingerprint density at radius 2 is 2.00 bits per heavy atom. The molecule has 0 heterocycles. The van der Waals surface area contributed by atoms with Gasteiger partial charge in [-0.1, -0.05) is 31.0 Å². The van der Waals surface area contributed by atoms with Crippen LogP contribution in [0.2, 0.25) is 0 Å². The molecular formula is C16H24N2O2. The van der Waals surface area contributed by atoms with Gasteiger partial charge in [-0.25, -0.2) is 0 Å². The molecule has 2 N–H and O–H groups in total. The molecule has 1 unspecified atom stereocenters. The van der Waals surface area contributed by atoms with Crippen LogP contribution < -0.4 is 5.32 Å². The van der Waals surface area contributed by atoms with Crippen LogP contribution in [0.4, 0.5) is 5.69 Å². The van der Waals surface area contributed by atoms with Gasteiger partial charge in [0.05, 0.1) is 12.6 Å². The van der Waals surface area contributed by atoms with E-state index in [1.54, 1.807) is 0 Å². The number of anilines is 1. The minimum Gasteiger partial charge on any atom is -0.395 e. The van der Waals surface area contributed by atoms with Gasteiger partial charge in [0.2, 0.25) is 5.91 Å². The molecule has 0 saturated heterocycles. The number of carbonyl (C=O) groups excluding carboxylic acids is 1. The number of nitrogens with one attached hydrogen (secondary N) is 1. The standard InChI is InChI=1S/C16H24N2O2/c1-13(16(20)17-14-7-3-2-4-8-14)18(11-12-19)15-9-5-6-10-15/h2-4,7-8,13,15,19H,5-6,9-12H2,1H3,(H,17,20). The molecule has 0 aliphatic heterocycles. The molecule has 0 aromatic heterocycles. The van der Waals surface area contributed by atoms with Crippen molar-refractivity contribution in [2.75, 3.05) is 18.5 Å². The molecule has 1 saturated carbocycles. The van der Waals surface area contributed by atoms with E-state index in [1.165, 1.54) is 12.8 Å². The van der Waals surface area contributed by atoms with Crippen molar-refractivity contribution in [2.45, 2.75) is 44.7 Å². The summed E-state index contributed by atoms with van der Waals surface area (Å²) in [7, 11) is 0. The molecule has 20 heavy (non-hydrogen) atoms. The Kier molecular flexibility index (Phi) is 5.56. The quantitative estimate of drug-likeness (QED) is 0.838. The molecule has 0 spiro atoms. The van der Waals surface area contributed by atoms with Crippen LogP contribution in [0.15, 0.2) is 30.3 Å². The van der Waals surface area contributed by atoms with Crippen LogP contribution in [0.5, 0.6) is 0 Å². The van der Waals surface area contributed by atoms with Gasteiger partial charge in [0.1, 0.15) is 0 Å². The van der Waals surface area contributed by atoms with Crippen molar-refractivity contribution >= 4 is 11.6 Å². The van der Waals surface area contributed by atoms with E-state index in [2.05, 4.69) is 10.2 Å². The van der Waals surface area contributed by atoms with Crippen molar-refractivity contribution in [3.05, 3.63) is 30.3 Å². The highest BCUT2D eigenvalue weighted by Crippen LogP contribution is 2.25. The first-order valence-electron chi connectivity index (χ1n) is 7.45. The predicted molar refractivity (Wildman–Crippen MR) is 80.6 cm³/mol. The maximum absolute atomic E-state index is 12.4. The summed E-state index contributed by atoms with van der Waals surface area (Å²) in [6, 6.07) is 9.72. The zero-order valence-corrected chi connectivity index (χ0v) is 12.1. The summed E-state index contributed by atoms with van der Waals surface area (Å²) in [5, 5.41) is 12.2. The van der Waals surface area contributed by atoms with Crippen molar-refractivity contribution in [3.8, 4) is 0 Å². The molecule has 0 bridgehead atoms. The number of para-hydroxylation sites is 1. The number of benzene rings is 1. The summed E-state index contributed by atoms with van der Waals surface area (Å²) in [5.74, 6) is -0.00319. The predicted octanol–water partition coefficient (Wildman–Crippen LogP) is 2.25. The Labute approximate surface area is 120 Å². The molecular weight excluding hydrogens is 252 g/mol. The smallest absolute Gasteiger partial charge is 0.241 e. The number of nitrogens with zero attached hydrogens (tertiary/aromatic N) is 1. The Morgan fingerprint density at radius 3 is 2.60 bits per heavy atom. The van der Waals surface area contributed by atoms with Crippen LogP contribution in [0, 0.1) is 0 Å². The van der Waals surface area contributed by atoms with E-state index in [9.17, 15) is 9.90 Å². The largest absolute Gasteiger partial charge is 0.395 e. The molecule has 4 nitrogen and oxygen atoms in total. The van der Waals surface area contributed by atoms with Gasteiger partial charge in [-0.05, 0) is 31.9 Å². The molecule has 1 aromatic carbocycles. The Morgan fingerprint density at radius 1 is 1.35 bits per heavy atom. The van der Waals surface area contributed by atoms with E-state index >= 15 is 0 Å². The van der Waals surface area contributed by atoms with Gasteiger partial charge in [-0.15, -0.1) is 0 Å². The Hall–Kier alpha value is -1.39. The lowest BCUT2D eigenvalue weighted by Gasteiger charge is -2.33. The third kappa shape index (κ3) is 3.81. The monoisotopic (exact) mass is 276 g/mol. The molecule has 2 rings (SSSR count). The summed E-state index contributed by atoms with van der Waals surface area (Å²) in [6.07, 6.45) is 4.70. The average Bonchev–Trinajstić information content (AvgIpc) is 2.99. The van der Waals surface area contributed by atoms with Crippen molar-refractivity contribution in [1.82, 2.24) is 4.90 Å². The van der Waals surface area contributed by atoms with Crippen LogP contribution in [0.25, 0.3) is 0 Å². The van der Waals surface area contributed by atoms with E-state index in [4.69, 9.17) is 0 Å². The van der Waals surface area contributed by atoms with Gasteiger partial charge in [0.25, 0.3) is 0 Å².